The van der Waals surface area contributed by atoms with Crippen molar-refractivity contribution < 1.29 is 28.2 Å². The first-order valence-electron chi connectivity index (χ1n) is 7.61. The lowest BCUT2D eigenvalue weighted by Crippen LogP contribution is -2.51. The maximum Gasteiger partial charge on any atom is 0.408 e. The fraction of sp³-hybridized carbons (Fsp3) is 0.438. The number of carbonyl (C=O) groups is 3. The summed E-state index contributed by atoms with van der Waals surface area (Å²) in [7, 11) is 0. The van der Waals surface area contributed by atoms with E-state index in [-0.39, 0.29) is 17.9 Å². The highest BCUT2D eigenvalue weighted by molar-refractivity contribution is 5.98. The van der Waals surface area contributed by atoms with Gasteiger partial charge in [0.15, 0.2) is 17.7 Å². The molecular weight excluding hydrogens is 333 g/mol. The SMILES string of the molecule is CC(C)(C)OC(=O)NC(C[C@@H]1Oc2c(F)cccc2NC1=O)C(N)=O. The van der Waals surface area contributed by atoms with Gasteiger partial charge < -0.3 is 25.8 Å². The number of rotatable bonds is 4. The van der Waals surface area contributed by atoms with Crippen molar-refractivity contribution in [3.05, 3.63) is 24.0 Å². The number of halogens is 1. The molecule has 0 saturated heterocycles. The zero-order valence-electron chi connectivity index (χ0n) is 14.1. The predicted molar refractivity (Wildman–Crippen MR) is 86.4 cm³/mol. The molecule has 0 spiro atoms. The number of nitrogens with two attached hydrogens (primary N) is 1. The van der Waals surface area contributed by atoms with E-state index in [1.165, 1.54) is 18.2 Å². The standard InChI is InChI=1S/C16H20FN3O5/c1-16(2,3)25-15(23)20-10(13(18)21)7-11-14(22)19-9-6-4-5-8(17)12(9)24-11/h4-6,10-11H,7H2,1-3H3,(H2,18,21)(H,19,22)(H,20,23)/t10?,11-/m0/s1. The molecule has 4 N–H and O–H groups in total. The van der Waals surface area contributed by atoms with Gasteiger partial charge in [-0.25, -0.2) is 9.18 Å². The Hall–Kier alpha value is -2.84. The summed E-state index contributed by atoms with van der Waals surface area (Å²) in [6, 6.07) is 2.86. The Labute approximate surface area is 143 Å². The lowest BCUT2D eigenvalue weighted by Gasteiger charge is -2.28. The minimum absolute atomic E-state index is 0.132. The molecule has 0 aromatic heterocycles. The van der Waals surface area contributed by atoms with Gasteiger partial charge >= 0.3 is 6.09 Å². The van der Waals surface area contributed by atoms with Crippen LogP contribution >= 0.6 is 0 Å². The first-order chi connectivity index (χ1) is 11.6. The van der Waals surface area contributed by atoms with Crippen molar-refractivity contribution in [2.24, 2.45) is 5.73 Å². The highest BCUT2D eigenvalue weighted by Crippen LogP contribution is 2.33. The summed E-state index contributed by atoms with van der Waals surface area (Å²) in [4.78, 5) is 35.5. The van der Waals surface area contributed by atoms with Crippen LogP contribution in [0.3, 0.4) is 0 Å². The fourth-order valence-corrected chi connectivity index (χ4v) is 2.20. The molecule has 3 amide bonds. The molecule has 8 nitrogen and oxygen atoms in total. The molecule has 1 aliphatic heterocycles. The van der Waals surface area contributed by atoms with E-state index < -0.39 is 41.5 Å². The molecule has 136 valence electrons. The Bertz CT molecular complexity index is 702. The van der Waals surface area contributed by atoms with Crippen LogP contribution in [-0.2, 0) is 14.3 Å². The number of hydrogen-bond donors (Lipinski definition) is 3. The van der Waals surface area contributed by atoms with E-state index in [2.05, 4.69) is 10.6 Å². The summed E-state index contributed by atoms with van der Waals surface area (Å²) >= 11 is 0. The highest BCUT2D eigenvalue weighted by Gasteiger charge is 2.34. The highest BCUT2D eigenvalue weighted by atomic mass is 19.1. The van der Waals surface area contributed by atoms with Crippen molar-refractivity contribution in [1.29, 1.82) is 0 Å². The summed E-state index contributed by atoms with van der Waals surface area (Å²) in [6.45, 7) is 4.97. The molecular formula is C16H20FN3O5. The van der Waals surface area contributed by atoms with Gasteiger partial charge in [-0.1, -0.05) is 6.07 Å². The van der Waals surface area contributed by atoms with E-state index in [9.17, 15) is 18.8 Å². The van der Waals surface area contributed by atoms with Crippen molar-refractivity contribution >= 4 is 23.6 Å². The summed E-state index contributed by atoms with van der Waals surface area (Å²) < 4.78 is 24.2. The number of amides is 3. The molecule has 1 aromatic rings. The van der Waals surface area contributed by atoms with Crippen LogP contribution in [0, 0.1) is 5.82 Å². The van der Waals surface area contributed by atoms with Gasteiger partial charge in [-0.15, -0.1) is 0 Å². The van der Waals surface area contributed by atoms with E-state index in [4.69, 9.17) is 15.2 Å². The molecule has 9 heteroatoms. The molecule has 0 bridgehead atoms. The summed E-state index contributed by atoms with van der Waals surface area (Å²) in [6.07, 6.45) is -2.33. The van der Waals surface area contributed by atoms with Crippen molar-refractivity contribution in [3.63, 3.8) is 0 Å². The molecule has 1 aromatic carbocycles. The van der Waals surface area contributed by atoms with Crippen LogP contribution in [0.2, 0.25) is 0 Å². The molecule has 2 atom stereocenters. The number of fused-ring (bicyclic) bond motifs is 1. The van der Waals surface area contributed by atoms with Gasteiger partial charge in [0, 0.05) is 6.42 Å². The van der Waals surface area contributed by atoms with Crippen LogP contribution in [0.4, 0.5) is 14.9 Å². The number of benzene rings is 1. The number of para-hydroxylation sites is 1. The van der Waals surface area contributed by atoms with Crippen molar-refractivity contribution in [2.45, 2.75) is 44.9 Å². The lowest BCUT2D eigenvalue weighted by atomic mass is 10.1. The number of nitrogens with one attached hydrogen (secondary N) is 2. The topological polar surface area (TPSA) is 120 Å². The van der Waals surface area contributed by atoms with Crippen LogP contribution in [0.5, 0.6) is 5.75 Å². The summed E-state index contributed by atoms with van der Waals surface area (Å²) in [5.41, 5.74) is 4.69. The van der Waals surface area contributed by atoms with Crippen molar-refractivity contribution in [2.75, 3.05) is 5.32 Å². The molecule has 0 radical (unpaired) electrons. The van der Waals surface area contributed by atoms with Gasteiger partial charge in [0.05, 0.1) is 5.69 Å². The smallest absolute Gasteiger partial charge is 0.408 e. The Morgan fingerprint density at radius 2 is 2.12 bits per heavy atom. The summed E-state index contributed by atoms with van der Waals surface area (Å²) in [5.74, 6) is -2.23. The van der Waals surface area contributed by atoms with Crippen molar-refractivity contribution in [3.8, 4) is 5.75 Å². The van der Waals surface area contributed by atoms with Crippen molar-refractivity contribution in [1.82, 2.24) is 5.32 Å². The van der Waals surface area contributed by atoms with Gasteiger partial charge in [0.2, 0.25) is 5.91 Å². The molecule has 1 heterocycles. The summed E-state index contributed by atoms with van der Waals surface area (Å²) in [5, 5.41) is 4.78. The molecule has 0 saturated carbocycles. The molecule has 0 aliphatic carbocycles. The van der Waals surface area contributed by atoms with Gasteiger partial charge in [-0.2, -0.15) is 0 Å². The first-order valence-corrected chi connectivity index (χ1v) is 7.61. The average Bonchev–Trinajstić information content (AvgIpc) is 2.46. The van der Waals surface area contributed by atoms with Gasteiger partial charge in [0.1, 0.15) is 11.6 Å². The van der Waals surface area contributed by atoms with Gasteiger partial charge in [0.25, 0.3) is 5.91 Å². The second-order valence-electron chi connectivity index (χ2n) is 6.55. The molecule has 25 heavy (non-hydrogen) atoms. The number of carbonyl (C=O) groups excluding carboxylic acids is 3. The molecule has 1 unspecified atom stereocenters. The molecule has 2 rings (SSSR count). The lowest BCUT2D eigenvalue weighted by molar-refractivity contribution is -0.125. The van der Waals surface area contributed by atoms with Crippen LogP contribution in [0.25, 0.3) is 0 Å². The zero-order chi connectivity index (χ0) is 18.8. The van der Waals surface area contributed by atoms with Crippen LogP contribution in [0.1, 0.15) is 27.2 Å². The zero-order valence-corrected chi connectivity index (χ0v) is 14.1. The molecule has 0 fully saturated rings. The van der Waals surface area contributed by atoms with Crippen LogP contribution in [0.15, 0.2) is 18.2 Å². The van der Waals surface area contributed by atoms with Gasteiger partial charge in [-0.3, -0.25) is 9.59 Å². The normalized spacial score (nSPS) is 17.6. The van der Waals surface area contributed by atoms with Gasteiger partial charge in [-0.05, 0) is 32.9 Å². The second kappa shape index (κ2) is 6.96. The number of ether oxygens (including phenoxy) is 2. The third-order valence-electron chi connectivity index (χ3n) is 3.26. The van der Waals surface area contributed by atoms with E-state index >= 15 is 0 Å². The Morgan fingerprint density at radius 1 is 1.44 bits per heavy atom. The number of primary amides is 1. The number of alkyl carbamates (subject to hydrolysis) is 1. The van der Waals surface area contributed by atoms with Crippen LogP contribution in [-0.4, -0.2) is 35.7 Å². The van der Waals surface area contributed by atoms with E-state index in [1.54, 1.807) is 20.8 Å². The third-order valence-corrected chi connectivity index (χ3v) is 3.26. The van der Waals surface area contributed by atoms with E-state index in [0.717, 1.165) is 0 Å². The third kappa shape index (κ3) is 4.82. The Balaban J connectivity index is 2.09. The fourth-order valence-electron chi connectivity index (χ4n) is 2.20. The number of anilines is 1. The largest absolute Gasteiger partial charge is 0.475 e. The minimum Gasteiger partial charge on any atom is -0.475 e. The van der Waals surface area contributed by atoms with E-state index in [0.29, 0.717) is 0 Å². The predicted octanol–water partition coefficient (Wildman–Crippen LogP) is 1.29. The minimum atomic E-state index is -1.22. The maximum absolute atomic E-state index is 13.8. The monoisotopic (exact) mass is 353 g/mol. The molecule has 1 aliphatic rings. The Morgan fingerprint density at radius 3 is 2.72 bits per heavy atom. The number of hydrogen-bond acceptors (Lipinski definition) is 5. The second-order valence-corrected chi connectivity index (χ2v) is 6.55. The maximum atomic E-state index is 13.8. The first kappa shape index (κ1) is 18.5. The van der Waals surface area contributed by atoms with Crippen LogP contribution < -0.4 is 21.1 Å². The average molecular weight is 353 g/mol. The quantitative estimate of drug-likeness (QED) is 0.753. The Kier molecular flexibility index (Phi) is 5.15. The van der Waals surface area contributed by atoms with E-state index in [1.807, 2.05) is 0 Å².